The van der Waals surface area contributed by atoms with Crippen LogP contribution in [0.5, 0.6) is 5.75 Å². The van der Waals surface area contributed by atoms with Crippen molar-refractivity contribution in [3.63, 3.8) is 0 Å². The third-order valence-electron chi connectivity index (χ3n) is 4.35. The fourth-order valence-electron chi connectivity index (χ4n) is 2.89. The van der Waals surface area contributed by atoms with Gasteiger partial charge in [-0.2, -0.15) is 5.10 Å². The molecule has 2 heterocycles. The number of ether oxygens (including phenoxy) is 1. The topological polar surface area (TPSA) is 96.1 Å². The molecule has 1 atom stereocenters. The van der Waals surface area contributed by atoms with Gasteiger partial charge in [0.1, 0.15) is 29.9 Å². The Morgan fingerprint density at radius 3 is 2.82 bits per heavy atom. The van der Waals surface area contributed by atoms with Crippen LogP contribution in [0, 0.1) is 5.82 Å². The number of nitrogens with one attached hydrogen (secondary N) is 3. The van der Waals surface area contributed by atoms with E-state index in [1.807, 2.05) is 0 Å². The van der Waals surface area contributed by atoms with E-state index in [1.54, 1.807) is 42.5 Å². The number of nitrogens with zero attached hydrogens (tertiary/aromatic N) is 1. The average Bonchev–Trinajstić information content (AvgIpc) is 3.10. The van der Waals surface area contributed by atoms with Crippen LogP contribution in [0.2, 0.25) is 0 Å². The summed E-state index contributed by atoms with van der Waals surface area (Å²) in [6.45, 7) is 0.0190. The molecule has 28 heavy (non-hydrogen) atoms. The molecule has 142 valence electrons. The highest BCUT2D eigenvalue weighted by Crippen LogP contribution is 2.26. The molecule has 8 heteroatoms. The summed E-state index contributed by atoms with van der Waals surface area (Å²) in [5.41, 5.74) is 2.29. The van der Waals surface area contributed by atoms with Crippen LogP contribution in [0.3, 0.4) is 0 Å². The second kappa shape index (κ2) is 7.51. The van der Waals surface area contributed by atoms with E-state index in [0.717, 1.165) is 5.56 Å². The minimum Gasteiger partial charge on any atom is -0.489 e. The molecular weight excluding hydrogens is 363 g/mol. The Balaban J connectivity index is 1.41. The second-order valence-electron chi connectivity index (χ2n) is 6.40. The van der Waals surface area contributed by atoms with Gasteiger partial charge in [-0.3, -0.25) is 14.7 Å². The molecule has 1 aromatic heterocycles. The van der Waals surface area contributed by atoms with Crippen LogP contribution in [0.1, 0.15) is 21.7 Å². The van der Waals surface area contributed by atoms with E-state index in [1.165, 1.54) is 12.1 Å². The third kappa shape index (κ3) is 3.85. The van der Waals surface area contributed by atoms with Crippen molar-refractivity contribution in [1.82, 2.24) is 15.5 Å². The standard InChI is InChI=1S/C20H17FN4O3/c21-13-7-5-12(6-8-13)9-14-10-16(25-24-14)19(26)23-17-11-28-18-4-2-1-3-15(18)22-20(17)27/h1-8,10,17H,9,11H2,(H,22,27)(H,23,26)(H,24,25)/t17-/m0/s1. The molecule has 3 N–H and O–H groups in total. The van der Waals surface area contributed by atoms with E-state index < -0.39 is 11.9 Å². The lowest BCUT2D eigenvalue weighted by atomic mass is 10.1. The summed E-state index contributed by atoms with van der Waals surface area (Å²) in [6, 6.07) is 13.9. The summed E-state index contributed by atoms with van der Waals surface area (Å²) in [5.74, 6) is -0.579. The second-order valence-corrected chi connectivity index (χ2v) is 6.40. The molecule has 0 unspecified atom stereocenters. The van der Waals surface area contributed by atoms with Gasteiger partial charge in [0, 0.05) is 6.42 Å². The van der Waals surface area contributed by atoms with E-state index in [9.17, 15) is 14.0 Å². The lowest BCUT2D eigenvalue weighted by molar-refractivity contribution is -0.118. The zero-order chi connectivity index (χ0) is 19.5. The van der Waals surface area contributed by atoms with Crippen molar-refractivity contribution in [2.75, 3.05) is 11.9 Å². The molecule has 3 aromatic rings. The van der Waals surface area contributed by atoms with Crippen molar-refractivity contribution in [2.24, 2.45) is 0 Å². The predicted octanol–water partition coefficient (Wildman–Crippen LogP) is 2.27. The lowest BCUT2D eigenvalue weighted by Crippen LogP contribution is -2.46. The number of H-pyrrole nitrogens is 1. The number of halogens is 1. The number of anilines is 1. The fourth-order valence-corrected chi connectivity index (χ4v) is 2.89. The smallest absolute Gasteiger partial charge is 0.270 e. The number of hydrogen-bond acceptors (Lipinski definition) is 4. The molecule has 2 amide bonds. The first-order valence-corrected chi connectivity index (χ1v) is 8.71. The van der Waals surface area contributed by atoms with Crippen molar-refractivity contribution < 1.29 is 18.7 Å². The van der Waals surface area contributed by atoms with Gasteiger partial charge in [-0.15, -0.1) is 0 Å². The fraction of sp³-hybridized carbons (Fsp3) is 0.150. The molecule has 0 radical (unpaired) electrons. The summed E-state index contributed by atoms with van der Waals surface area (Å²) in [6.07, 6.45) is 0.451. The molecule has 0 aliphatic carbocycles. The first-order valence-electron chi connectivity index (χ1n) is 8.71. The van der Waals surface area contributed by atoms with E-state index in [4.69, 9.17) is 4.74 Å². The van der Waals surface area contributed by atoms with Crippen molar-refractivity contribution >= 4 is 17.5 Å². The number of amides is 2. The Bertz CT molecular complexity index is 1020. The lowest BCUT2D eigenvalue weighted by Gasteiger charge is -2.13. The Kier molecular flexibility index (Phi) is 4.76. The minimum absolute atomic E-state index is 0.0190. The molecule has 0 saturated carbocycles. The van der Waals surface area contributed by atoms with Crippen LogP contribution in [-0.2, 0) is 11.2 Å². The zero-order valence-corrected chi connectivity index (χ0v) is 14.7. The number of para-hydroxylation sites is 2. The maximum atomic E-state index is 13.0. The predicted molar refractivity (Wildman–Crippen MR) is 99.6 cm³/mol. The van der Waals surface area contributed by atoms with E-state index in [0.29, 0.717) is 23.6 Å². The molecule has 1 aliphatic rings. The molecule has 0 saturated heterocycles. The van der Waals surface area contributed by atoms with Gasteiger partial charge < -0.3 is 15.4 Å². The number of hydrogen-bond donors (Lipinski definition) is 3. The average molecular weight is 380 g/mol. The highest BCUT2D eigenvalue weighted by atomic mass is 19.1. The molecule has 4 rings (SSSR count). The zero-order valence-electron chi connectivity index (χ0n) is 14.7. The minimum atomic E-state index is -0.844. The van der Waals surface area contributed by atoms with E-state index in [2.05, 4.69) is 20.8 Å². The summed E-state index contributed by atoms with van der Waals surface area (Å²) < 4.78 is 18.6. The largest absolute Gasteiger partial charge is 0.489 e. The van der Waals surface area contributed by atoms with Crippen molar-refractivity contribution in [1.29, 1.82) is 0 Å². The molecular formula is C20H17FN4O3. The maximum Gasteiger partial charge on any atom is 0.270 e. The van der Waals surface area contributed by atoms with Crippen LogP contribution in [0.15, 0.2) is 54.6 Å². The monoisotopic (exact) mass is 380 g/mol. The Morgan fingerprint density at radius 2 is 2.00 bits per heavy atom. The summed E-state index contributed by atoms with van der Waals surface area (Å²) in [5, 5.41) is 12.2. The Hall–Kier alpha value is -3.68. The highest BCUT2D eigenvalue weighted by molar-refractivity contribution is 6.01. The van der Waals surface area contributed by atoms with Gasteiger partial charge in [0.25, 0.3) is 11.8 Å². The number of aromatic nitrogens is 2. The highest BCUT2D eigenvalue weighted by Gasteiger charge is 2.27. The van der Waals surface area contributed by atoms with Crippen LogP contribution in [-0.4, -0.2) is 34.7 Å². The van der Waals surface area contributed by atoms with E-state index in [-0.39, 0.29) is 24.0 Å². The number of fused-ring (bicyclic) bond motifs is 1. The van der Waals surface area contributed by atoms with Gasteiger partial charge in [0.2, 0.25) is 0 Å². The maximum absolute atomic E-state index is 13.0. The van der Waals surface area contributed by atoms with Crippen LogP contribution >= 0.6 is 0 Å². The number of rotatable bonds is 4. The van der Waals surface area contributed by atoms with Gasteiger partial charge in [0.05, 0.1) is 11.4 Å². The van der Waals surface area contributed by atoms with Gasteiger partial charge in [-0.25, -0.2) is 4.39 Å². The molecule has 0 spiro atoms. The normalized spacial score (nSPS) is 15.8. The number of carbonyl (C=O) groups excluding carboxylic acids is 2. The quantitative estimate of drug-likeness (QED) is 0.647. The summed E-state index contributed by atoms with van der Waals surface area (Å²) >= 11 is 0. The summed E-state index contributed by atoms with van der Waals surface area (Å²) in [4.78, 5) is 24.8. The van der Waals surface area contributed by atoms with Gasteiger partial charge >= 0.3 is 0 Å². The van der Waals surface area contributed by atoms with Crippen molar-refractivity contribution in [3.05, 3.63) is 77.4 Å². The molecule has 0 fully saturated rings. The first kappa shape index (κ1) is 17.7. The molecule has 1 aliphatic heterocycles. The van der Waals surface area contributed by atoms with Crippen molar-refractivity contribution in [2.45, 2.75) is 12.5 Å². The summed E-state index contributed by atoms with van der Waals surface area (Å²) in [7, 11) is 0. The number of aromatic amines is 1. The number of carbonyl (C=O) groups is 2. The van der Waals surface area contributed by atoms with E-state index >= 15 is 0 Å². The van der Waals surface area contributed by atoms with Gasteiger partial charge in [0.15, 0.2) is 0 Å². The molecule has 2 aromatic carbocycles. The van der Waals surface area contributed by atoms with Gasteiger partial charge in [-0.05, 0) is 35.9 Å². The number of benzene rings is 2. The van der Waals surface area contributed by atoms with Crippen LogP contribution in [0.25, 0.3) is 0 Å². The molecule has 7 nitrogen and oxygen atoms in total. The SMILES string of the molecule is O=C(N[C@H]1COc2ccccc2NC1=O)c1cc(Cc2ccc(F)cc2)n[nH]1. The van der Waals surface area contributed by atoms with Crippen LogP contribution < -0.4 is 15.4 Å². The van der Waals surface area contributed by atoms with Crippen molar-refractivity contribution in [3.8, 4) is 5.75 Å². The van der Waals surface area contributed by atoms with Crippen LogP contribution in [0.4, 0.5) is 10.1 Å². The Labute approximate surface area is 159 Å². The first-order chi connectivity index (χ1) is 13.6. The van der Waals surface area contributed by atoms with Gasteiger partial charge in [-0.1, -0.05) is 24.3 Å². The Morgan fingerprint density at radius 1 is 1.21 bits per heavy atom. The molecule has 0 bridgehead atoms. The third-order valence-corrected chi connectivity index (χ3v) is 4.35.